The Morgan fingerprint density at radius 2 is 2.21 bits per heavy atom. The predicted molar refractivity (Wildman–Crippen MR) is 59.9 cm³/mol. The smallest absolute Gasteiger partial charge is 0.0648 e. The Balaban J connectivity index is 2.35. The van der Waals surface area contributed by atoms with Crippen molar-refractivity contribution in [3.8, 4) is 12.3 Å². The van der Waals surface area contributed by atoms with Gasteiger partial charge in [-0.25, -0.2) is 0 Å². The maximum absolute atomic E-state index is 10.3. The molecule has 1 aliphatic carbocycles. The van der Waals surface area contributed by atoms with Gasteiger partial charge in [-0.3, -0.25) is 0 Å². The Morgan fingerprint density at radius 1 is 1.43 bits per heavy atom. The Kier molecular flexibility index (Phi) is 4.48. The third-order valence-corrected chi connectivity index (χ3v) is 3.40. The second-order valence-electron chi connectivity index (χ2n) is 4.82. The quantitative estimate of drug-likeness (QED) is 0.416. The summed E-state index contributed by atoms with van der Waals surface area (Å²) in [6.45, 7) is 2.28. The average Bonchev–Trinajstić information content (AvgIpc) is 2.30. The van der Waals surface area contributed by atoms with Crippen molar-refractivity contribution in [2.45, 2.75) is 63.9 Å². The van der Waals surface area contributed by atoms with Crippen molar-refractivity contribution in [2.75, 3.05) is 0 Å². The summed E-state index contributed by atoms with van der Waals surface area (Å²) < 4.78 is 0. The van der Waals surface area contributed by atoms with Crippen molar-refractivity contribution in [2.24, 2.45) is 5.92 Å². The van der Waals surface area contributed by atoms with Crippen LogP contribution in [0, 0.1) is 18.3 Å². The molecule has 1 rings (SSSR count). The number of unbranched alkanes of at least 4 members (excludes halogenated alkanes) is 1. The zero-order valence-corrected chi connectivity index (χ0v) is 9.26. The Labute approximate surface area is 87.9 Å². The highest BCUT2D eigenvalue weighted by Crippen LogP contribution is 2.33. The molecule has 0 radical (unpaired) electrons. The predicted octanol–water partition coefficient (Wildman–Crippen LogP) is 3.12. The summed E-state index contributed by atoms with van der Waals surface area (Å²) in [5, 5.41) is 10.3. The van der Waals surface area contributed by atoms with Crippen LogP contribution in [0.15, 0.2) is 0 Å². The van der Waals surface area contributed by atoms with Gasteiger partial charge in [-0.05, 0) is 38.0 Å². The second kappa shape index (κ2) is 5.41. The van der Waals surface area contributed by atoms with E-state index in [-0.39, 0.29) is 0 Å². The van der Waals surface area contributed by atoms with Crippen LogP contribution in [0.25, 0.3) is 0 Å². The molecular weight excluding hydrogens is 172 g/mol. The second-order valence-corrected chi connectivity index (χ2v) is 4.82. The molecule has 1 fully saturated rings. The largest absolute Gasteiger partial charge is 0.390 e. The van der Waals surface area contributed by atoms with Crippen molar-refractivity contribution in [3.05, 3.63) is 0 Å². The Bertz CT molecular complexity index is 204. The molecule has 2 unspecified atom stereocenters. The first-order valence-corrected chi connectivity index (χ1v) is 5.82. The Morgan fingerprint density at radius 3 is 2.93 bits per heavy atom. The van der Waals surface area contributed by atoms with Gasteiger partial charge < -0.3 is 5.11 Å². The number of hydrogen-bond acceptors (Lipinski definition) is 1. The minimum atomic E-state index is -0.401. The normalized spacial score (nSPS) is 33.4. The minimum Gasteiger partial charge on any atom is -0.390 e. The summed E-state index contributed by atoms with van der Waals surface area (Å²) in [4.78, 5) is 0. The molecule has 0 heterocycles. The molecule has 14 heavy (non-hydrogen) atoms. The molecule has 0 aromatic heterocycles. The topological polar surface area (TPSA) is 20.2 Å². The molecule has 2 atom stereocenters. The van der Waals surface area contributed by atoms with Gasteiger partial charge in [0.25, 0.3) is 0 Å². The molecule has 80 valence electrons. The average molecular weight is 194 g/mol. The molecule has 0 saturated heterocycles. The third-order valence-electron chi connectivity index (χ3n) is 3.40. The SMILES string of the molecule is C#CCCCC1(O)CCCC(C)CC1. The molecule has 1 heteroatoms. The molecular formula is C13H22O. The molecule has 0 amide bonds. The fraction of sp³-hybridized carbons (Fsp3) is 0.846. The first kappa shape index (κ1) is 11.6. The molecule has 1 saturated carbocycles. The highest BCUT2D eigenvalue weighted by atomic mass is 16.3. The van der Waals surface area contributed by atoms with Crippen molar-refractivity contribution < 1.29 is 5.11 Å². The molecule has 0 bridgehead atoms. The van der Waals surface area contributed by atoms with Crippen LogP contribution in [0.4, 0.5) is 0 Å². The van der Waals surface area contributed by atoms with E-state index in [4.69, 9.17) is 6.42 Å². The standard InChI is InChI=1S/C13H22O/c1-3-4-5-9-13(14)10-6-7-12(2)8-11-13/h1,12,14H,4-11H2,2H3. The number of aliphatic hydroxyl groups is 1. The summed E-state index contributed by atoms with van der Waals surface area (Å²) in [5.41, 5.74) is -0.401. The summed E-state index contributed by atoms with van der Waals surface area (Å²) in [6.07, 6.45) is 13.4. The molecule has 1 nitrogen and oxygen atoms in total. The lowest BCUT2D eigenvalue weighted by Crippen LogP contribution is -2.27. The molecule has 1 N–H and O–H groups in total. The van der Waals surface area contributed by atoms with E-state index in [1.807, 2.05) is 0 Å². The maximum Gasteiger partial charge on any atom is 0.0648 e. The van der Waals surface area contributed by atoms with Gasteiger partial charge in [-0.1, -0.05) is 19.8 Å². The van der Waals surface area contributed by atoms with E-state index in [9.17, 15) is 5.11 Å². The van der Waals surface area contributed by atoms with Crippen LogP contribution in [0.5, 0.6) is 0 Å². The van der Waals surface area contributed by atoms with E-state index >= 15 is 0 Å². The number of terminal acetylenes is 1. The van der Waals surface area contributed by atoms with Gasteiger partial charge in [-0.15, -0.1) is 12.3 Å². The van der Waals surface area contributed by atoms with Gasteiger partial charge in [0.05, 0.1) is 5.60 Å². The summed E-state index contributed by atoms with van der Waals surface area (Å²) >= 11 is 0. The zero-order chi connectivity index (χ0) is 10.4. The van der Waals surface area contributed by atoms with Gasteiger partial charge in [0.15, 0.2) is 0 Å². The monoisotopic (exact) mass is 194 g/mol. The summed E-state index contributed by atoms with van der Waals surface area (Å²) in [7, 11) is 0. The van der Waals surface area contributed by atoms with Crippen molar-refractivity contribution in [1.29, 1.82) is 0 Å². The van der Waals surface area contributed by atoms with Gasteiger partial charge in [0.1, 0.15) is 0 Å². The van der Waals surface area contributed by atoms with Crippen LogP contribution < -0.4 is 0 Å². The van der Waals surface area contributed by atoms with Crippen molar-refractivity contribution in [3.63, 3.8) is 0 Å². The van der Waals surface area contributed by atoms with Crippen LogP contribution in [0.1, 0.15) is 58.3 Å². The first-order chi connectivity index (χ1) is 6.66. The van der Waals surface area contributed by atoms with Crippen LogP contribution >= 0.6 is 0 Å². The fourth-order valence-electron chi connectivity index (χ4n) is 2.33. The summed E-state index contributed by atoms with van der Waals surface area (Å²) in [6, 6.07) is 0. The first-order valence-electron chi connectivity index (χ1n) is 5.82. The van der Waals surface area contributed by atoms with E-state index in [2.05, 4.69) is 12.8 Å². The van der Waals surface area contributed by atoms with E-state index in [1.165, 1.54) is 19.3 Å². The molecule has 0 aromatic rings. The van der Waals surface area contributed by atoms with Gasteiger partial charge in [0, 0.05) is 6.42 Å². The maximum atomic E-state index is 10.3. The molecule has 1 aliphatic rings. The lowest BCUT2D eigenvalue weighted by molar-refractivity contribution is 0.0141. The zero-order valence-electron chi connectivity index (χ0n) is 9.26. The lowest BCUT2D eigenvalue weighted by atomic mass is 9.88. The van der Waals surface area contributed by atoms with Gasteiger partial charge in [0.2, 0.25) is 0 Å². The van der Waals surface area contributed by atoms with E-state index < -0.39 is 5.60 Å². The highest BCUT2D eigenvalue weighted by molar-refractivity contribution is 4.87. The van der Waals surface area contributed by atoms with Gasteiger partial charge >= 0.3 is 0 Å². The minimum absolute atomic E-state index is 0.401. The lowest BCUT2D eigenvalue weighted by Gasteiger charge is -2.26. The van der Waals surface area contributed by atoms with E-state index in [1.54, 1.807) is 0 Å². The van der Waals surface area contributed by atoms with Gasteiger partial charge in [-0.2, -0.15) is 0 Å². The van der Waals surface area contributed by atoms with Crippen molar-refractivity contribution >= 4 is 0 Å². The fourth-order valence-corrected chi connectivity index (χ4v) is 2.33. The van der Waals surface area contributed by atoms with Crippen LogP contribution in [-0.4, -0.2) is 10.7 Å². The molecule has 0 aromatic carbocycles. The van der Waals surface area contributed by atoms with Crippen LogP contribution in [0.2, 0.25) is 0 Å². The Hall–Kier alpha value is -0.480. The highest BCUT2D eigenvalue weighted by Gasteiger charge is 2.28. The van der Waals surface area contributed by atoms with Crippen LogP contribution in [0.3, 0.4) is 0 Å². The number of hydrogen-bond donors (Lipinski definition) is 1. The van der Waals surface area contributed by atoms with E-state index in [0.717, 1.165) is 38.0 Å². The third kappa shape index (κ3) is 3.72. The summed E-state index contributed by atoms with van der Waals surface area (Å²) in [5.74, 6) is 3.43. The van der Waals surface area contributed by atoms with E-state index in [0.29, 0.717) is 0 Å². The van der Waals surface area contributed by atoms with Crippen molar-refractivity contribution in [1.82, 2.24) is 0 Å². The van der Waals surface area contributed by atoms with Crippen LogP contribution in [-0.2, 0) is 0 Å². The molecule has 0 spiro atoms. The molecule has 0 aliphatic heterocycles. The number of rotatable bonds is 3.